The molecule has 9 heteroatoms. The van der Waals surface area contributed by atoms with Gasteiger partial charge in [-0.15, -0.1) is 11.3 Å². The highest BCUT2D eigenvalue weighted by molar-refractivity contribution is 7.07. The maximum Gasteiger partial charge on any atom is 0.314 e. The second-order valence-corrected chi connectivity index (χ2v) is 8.28. The van der Waals surface area contributed by atoms with Crippen LogP contribution in [0.1, 0.15) is 37.1 Å². The van der Waals surface area contributed by atoms with Gasteiger partial charge in [-0.25, -0.2) is 4.98 Å². The number of esters is 1. The molecule has 2 aromatic rings. The van der Waals surface area contributed by atoms with E-state index in [-0.39, 0.29) is 29.1 Å². The molecule has 0 radical (unpaired) electrons. The summed E-state index contributed by atoms with van der Waals surface area (Å²) in [7, 11) is 1.41. The Hall–Kier alpha value is -1.93. The molecular weight excluding hydrogens is 390 g/mol. The number of thiazole rings is 1. The summed E-state index contributed by atoms with van der Waals surface area (Å²) in [6.07, 6.45) is 3.59. The number of carbonyl (C=O) groups excluding carboxylic acids is 2. The first-order valence-corrected chi connectivity index (χ1v) is 10.2. The Balaban J connectivity index is 1.53. The minimum atomic E-state index is -0.711. The zero-order chi connectivity index (χ0) is 19.0. The number of ether oxygens (including phenoxy) is 1. The number of methoxy groups -OCH3 is 1. The number of nitrogens with zero attached hydrogens (tertiary/aromatic N) is 3. The molecule has 3 atom stereocenters. The predicted octanol–water partition coefficient (Wildman–Crippen LogP) is 2.88. The van der Waals surface area contributed by atoms with Gasteiger partial charge < -0.3 is 14.2 Å². The minimum Gasteiger partial charge on any atom is -0.469 e. The monoisotopic (exact) mass is 409 g/mol. The zero-order valence-corrected chi connectivity index (χ0v) is 16.5. The number of fused-ring (bicyclic) bond motifs is 2. The number of aromatic nitrogens is 2. The molecule has 27 heavy (non-hydrogen) atoms. The number of rotatable bonds is 6. The maximum atomic E-state index is 13.0. The van der Waals surface area contributed by atoms with E-state index >= 15 is 0 Å². The fourth-order valence-electron chi connectivity index (χ4n) is 4.66. The van der Waals surface area contributed by atoms with Gasteiger partial charge in [-0.05, 0) is 19.3 Å². The molecule has 0 aliphatic carbocycles. The molecule has 144 valence electrons. The number of hydrogen-bond acceptors (Lipinski definition) is 7. The Labute approximate surface area is 165 Å². The Kier molecular flexibility index (Phi) is 4.94. The standard InChI is InChI=1S/C18H20ClN3O4S/c1-25-17(24)18(7-11-9-27-10-20-11)8-12-2-4-14(18)22(12)16(23)5-3-13-6-15(19)21-26-13/h6,9-10,12,14H,2-5,7-8H2,1H3/t12-,14+,18+/m1/s1. The highest BCUT2D eigenvalue weighted by atomic mass is 35.5. The predicted molar refractivity (Wildman–Crippen MR) is 98.4 cm³/mol. The van der Waals surface area contributed by atoms with Crippen molar-refractivity contribution in [2.24, 2.45) is 5.41 Å². The van der Waals surface area contributed by atoms with Crippen LogP contribution < -0.4 is 0 Å². The first kappa shape index (κ1) is 18.4. The van der Waals surface area contributed by atoms with E-state index in [2.05, 4.69) is 10.1 Å². The minimum absolute atomic E-state index is 0.0269. The van der Waals surface area contributed by atoms with Crippen LogP contribution in [0.2, 0.25) is 5.15 Å². The quantitative estimate of drug-likeness (QED) is 0.682. The van der Waals surface area contributed by atoms with Crippen molar-refractivity contribution in [1.82, 2.24) is 15.0 Å². The number of aryl methyl sites for hydroxylation is 1. The highest BCUT2D eigenvalue weighted by Crippen LogP contribution is 2.52. The van der Waals surface area contributed by atoms with Gasteiger partial charge in [0.2, 0.25) is 5.91 Å². The summed E-state index contributed by atoms with van der Waals surface area (Å²) in [6, 6.07) is 1.54. The Morgan fingerprint density at radius 3 is 3.00 bits per heavy atom. The summed E-state index contributed by atoms with van der Waals surface area (Å²) in [5.74, 6) is 0.364. The fourth-order valence-corrected chi connectivity index (χ4v) is 5.37. The molecule has 7 nitrogen and oxygen atoms in total. The lowest BCUT2D eigenvalue weighted by atomic mass is 9.71. The van der Waals surface area contributed by atoms with E-state index in [9.17, 15) is 9.59 Å². The van der Waals surface area contributed by atoms with Crippen molar-refractivity contribution in [2.75, 3.05) is 7.11 Å². The Morgan fingerprint density at radius 2 is 2.33 bits per heavy atom. The number of halogens is 1. The summed E-state index contributed by atoms with van der Waals surface area (Å²) in [6.45, 7) is 0. The van der Waals surface area contributed by atoms with E-state index in [1.165, 1.54) is 18.4 Å². The van der Waals surface area contributed by atoms with Gasteiger partial charge in [0, 0.05) is 42.8 Å². The largest absolute Gasteiger partial charge is 0.469 e. The van der Waals surface area contributed by atoms with E-state index < -0.39 is 5.41 Å². The molecule has 0 unspecified atom stereocenters. The topological polar surface area (TPSA) is 85.5 Å². The van der Waals surface area contributed by atoms with E-state index in [4.69, 9.17) is 20.9 Å². The van der Waals surface area contributed by atoms with Crippen molar-refractivity contribution >= 4 is 34.8 Å². The molecule has 0 saturated carbocycles. The lowest BCUT2D eigenvalue weighted by molar-refractivity contribution is -0.155. The van der Waals surface area contributed by atoms with Crippen molar-refractivity contribution < 1.29 is 18.8 Å². The molecule has 1 amide bonds. The molecule has 0 N–H and O–H groups in total. The third-order valence-electron chi connectivity index (χ3n) is 5.72. The second-order valence-electron chi connectivity index (χ2n) is 7.17. The van der Waals surface area contributed by atoms with Crippen molar-refractivity contribution in [3.05, 3.63) is 33.6 Å². The van der Waals surface area contributed by atoms with Crippen molar-refractivity contribution in [3.63, 3.8) is 0 Å². The van der Waals surface area contributed by atoms with Crippen molar-refractivity contribution in [3.8, 4) is 0 Å². The van der Waals surface area contributed by atoms with E-state index in [0.717, 1.165) is 18.5 Å². The zero-order valence-electron chi connectivity index (χ0n) is 14.9. The molecule has 2 aliphatic heterocycles. The van der Waals surface area contributed by atoms with Gasteiger partial charge in [-0.1, -0.05) is 16.8 Å². The van der Waals surface area contributed by atoms with Crippen LogP contribution >= 0.6 is 22.9 Å². The first-order valence-electron chi connectivity index (χ1n) is 8.91. The van der Waals surface area contributed by atoms with Crippen LogP contribution in [0.25, 0.3) is 0 Å². The van der Waals surface area contributed by atoms with Gasteiger partial charge in [-0.3, -0.25) is 9.59 Å². The SMILES string of the molecule is COC(=O)[C@@]1(Cc2cscn2)C[C@H]2CC[C@@H]1N2C(=O)CCc1cc(Cl)no1. The average molecular weight is 410 g/mol. The maximum absolute atomic E-state index is 13.0. The summed E-state index contributed by atoms with van der Waals surface area (Å²) < 4.78 is 10.2. The van der Waals surface area contributed by atoms with E-state index in [0.29, 0.717) is 31.4 Å². The van der Waals surface area contributed by atoms with Crippen LogP contribution in [0.4, 0.5) is 0 Å². The Morgan fingerprint density at radius 1 is 1.48 bits per heavy atom. The lowest BCUT2D eigenvalue weighted by Crippen LogP contribution is -2.47. The third-order valence-corrected chi connectivity index (χ3v) is 6.53. The smallest absolute Gasteiger partial charge is 0.314 e. The third kappa shape index (κ3) is 3.25. The van der Waals surface area contributed by atoms with Gasteiger partial charge in [0.15, 0.2) is 5.15 Å². The summed E-state index contributed by atoms with van der Waals surface area (Å²) in [4.78, 5) is 32.0. The van der Waals surface area contributed by atoms with Crippen LogP contribution in [0, 0.1) is 5.41 Å². The number of hydrogen-bond donors (Lipinski definition) is 0. The molecule has 2 saturated heterocycles. The van der Waals surface area contributed by atoms with Gasteiger partial charge in [-0.2, -0.15) is 0 Å². The number of amides is 1. The van der Waals surface area contributed by atoms with Gasteiger partial charge >= 0.3 is 5.97 Å². The fraction of sp³-hybridized carbons (Fsp3) is 0.556. The second kappa shape index (κ2) is 7.24. The highest BCUT2D eigenvalue weighted by Gasteiger charge is 2.61. The van der Waals surface area contributed by atoms with E-state index in [1.54, 1.807) is 11.6 Å². The van der Waals surface area contributed by atoms with Gasteiger partial charge in [0.25, 0.3) is 0 Å². The number of carbonyl (C=O) groups is 2. The van der Waals surface area contributed by atoms with Crippen LogP contribution in [0.3, 0.4) is 0 Å². The first-order chi connectivity index (χ1) is 13.0. The molecule has 0 aromatic carbocycles. The molecule has 2 bridgehead atoms. The normalized spacial score (nSPS) is 26.5. The van der Waals surface area contributed by atoms with Gasteiger partial charge in [0.1, 0.15) is 5.76 Å². The molecule has 4 rings (SSSR count). The average Bonchev–Trinajstić information content (AvgIpc) is 3.43. The van der Waals surface area contributed by atoms with Crippen molar-refractivity contribution in [1.29, 1.82) is 0 Å². The van der Waals surface area contributed by atoms with Crippen LogP contribution in [-0.2, 0) is 27.2 Å². The molecule has 2 aromatic heterocycles. The van der Waals surface area contributed by atoms with Crippen LogP contribution in [0.15, 0.2) is 21.5 Å². The summed E-state index contributed by atoms with van der Waals surface area (Å²) in [5, 5.41) is 5.87. The molecule has 0 spiro atoms. The van der Waals surface area contributed by atoms with Crippen molar-refractivity contribution in [2.45, 2.75) is 50.6 Å². The summed E-state index contributed by atoms with van der Waals surface area (Å²) >= 11 is 7.26. The molecule has 2 fully saturated rings. The summed E-state index contributed by atoms with van der Waals surface area (Å²) in [5.41, 5.74) is 1.93. The van der Waals surface area contributed by atoms with Gasteiger partial charge in [0.05, 0.1) is 23.7 Å². The molecule has 4 heterocycles. The molecular formula is C18H20ClN3O4S. The molecule has 2 aliphatic rings. The van der Waals surface area contributed by atoms with Crippen LogP contribution in [-0.4, -0.2) is 46.1 Å². The Bertz CT molecular complexity index is 840. The lowest BCUT2D eigenvalue weighted by Gasteiger charge is -2.34. The van der Waals surface area contributed by atoms with Crippen LogP contribution in [0.5, 0.6) is 0 Å². The van der Waals surface area contributed by atoms with E-state index in [1.807, 2.05) is 10.3 Å².